The number of carboxylic acids is 10. The molecule has 0 heterocycles. The van der Waals surface area contributed by atoms with Crippen LogP contribution < -0.4 is 0 Å². The van der Waals surface area contributed by atoms with Crippen LogP contribution in [0.5, 0.6) is 0 Å². The van der Waals surface area contributed by atoms with Gasteiger partial charge in [-0.15, -0.1) is 12.3 Å². The minimum absolute atomic E-state index is 0. The molecular formula is C103H190O21. The van der Waals surface area contributed by atoms with Gasteiger partial charge in [-0.3, -0.25) is 52.7 Å². The quantitative estimate of drug-likeness (QED) is 0.0154. The average Bonchev–Trinajstić information content (AvgIpc) is 0.836. The third-order valence-electron chi connectivity index (χ3n) is 25.0. The molecule has 0 fully saturated rings. The van der Waals surface area contributed by atoms with Gasteiger partial charge < -0.3 is 51.1 Å². The van der Waals surface area contributed by atoms with Crippen molar-refractivity contribution in [3.8, 4) is 12.3 Å². The molecule has 0 saturated heterocycles. The number of carbonyl (C=O) groups is 11. The van der Waals surface area contributed by atoms with E-state index in [1.54, 1.807) is 0 Å². The molecule has 0 radical (unpaired) electrons. The van der Waals surface area contributed by atoms with E-state index in [2.05, 4.69) is 26.7 Å². The summed E-state index contributed by atoms with van der Waals surface area (Å²) < 4.78 is 0. The summed E-state index contributed by atoms with van der Waals surface area (Å²) in [6.07, 6.45) is 82.7. The van der Waals surface area contributed by atoms with Gasteiger partial charge in [-0.1, -0.05) is 433 Å². The zero-order valence-corrected chi connectivity index (χ0v) is 78.9. The van der Waals surface area contributed by atoms with Gasteiger partial charge in [0.25, 0.3) is 0 Å². The molecule has 10 N–H and O–H groups in total. The zero-order chi connectivity index (χ0) is 92.4. The van der Waals surface area contributed by atoms with Crippen molar-refractivity contribution in [3.05, 3.63) is 0 Å². The lowest BCUT2D eigenvalue weighted by atomic mass is 9.75. The minimum Gasteiger partial charge on any atom is -0.481 e. The predicted molar refractivity (Wildman–Crippen MR) is 504 cm³/mol. The molecule has 0 amide bonds. The fraction of sp³-hybridized carbons (Fsp3) is 0.874. The Morgan fingerprint density at radius 3 is 0.532 bits per heavy atom. The highest BCUT2D eigenvalue weighted by molar-refractivity contribution is 6.02. The molecule has 0 aromatic heterocycles. The lowest BCUT2D eigenvalue weighted by Gasteiger charge is -2.27. The minimum atomic E-state index is -1.70. The molecule has 2 atom stereocenters. The molecule has 2 unspecified atom stereocenters. The largest absolute Gasteiger partial charge is 0.481 e. The summed E-state index contributed by atoms with van der Waals surface area (Å²) in [6.45, 7) is 8.12. The monoisotopic (exact) mass is 1760 g/mol. The van der Waals surface area contributed by atoms with Crippen LogP contribution in [0.15, 0.2) is 0 Å². The Morgan fingerprint density at radius 1 is 0.226 bits per heavy atom. The molecular weight excluding hydrogens is 1570 g/mol. The van der Waals surface area contributed by atoms with Crippen LogP contribution in [0.4, 0.5) is 0 Å². The van der Waals surface area contributed by atoms with Crippen LogP contribution in [0.25, 0.3) is 0 Å². The normalized spacial score (nSPS) is 11.9. The topological polar surface area (TPSA) is 390 Å². The fourth-order valence-corrected chi connectivity index (χ4v) is 16.6. The number of hydrogen-bond acceptors (Lipinski definition) is 11. The van der Waals surface area contributed by atoms with Crippen LogP contribution in [0.1, 0.15) is 555 Å². The van der Waals surface area contributed by atoms with Crippen molar-refractivity contribution < 1.29 is 104 Å². The van der Waals surface area contributed by atoms with Gasteiger partial charge in [0.2, 0.25) is 0 Å². The number of terminal acetylenes is 1. The van der Waals surface area contributed by atoms with Crippen molar-refractivity contribution in [2.75, 3.05) is 0 Å². The van der Waals surface area contributed by atoms with Crippen LogP contribution in [-0.2, 0) is 52.7 Å². The van der Waals surface area contributed by atoms with Crippen molar-refractivity contribution in [2.45, 2.75) is 555 Å². The first-order valence-corrected chi connectivity index (χ1v) is 50.4. The summed E-state index contributed by atoms with van der Waals surface area (Å²) in [5.74, 6) is -7.03. The Labute approximate surface area is 755 Å². The summed E-state index contributed by atoms with van der Waals surface area (Å²) in [5, 5.41) is 92.3. The zero-order valence-electron chi connectivity index (χ0n) is 78.9. The van der Waals surface area contributed by atoms with Crippen molar-refractivity contribution >= 4 is 65.5 Å². The number of carboxylic acid groups (broad SMARTS) is 10. The average molecular weight is 1760 g/mol. The number of rotatable bonds is 92. The second kappa shape index (κ2) is 93.1. The van der Waals surface area contributed by atoms with Gasteiger partial charge >= 0.3 is 59.7 Å². The molecule has 0 aromatic carbocycles. The van der Waals surface area contributed by atoms with Crippen LogP contribution >= 0.6 is 0 Å². The molecule has 0 aliphatic rings. The first-order chi connectivity index (χ1) is 59.2. The summed E-state index contributed by atoms with van der Waals surface area (Å²) in [5.41, 5.74) is -4.50. The van der Waals surface area contributed by atoms with E-state index < -0.39 is 75.9 Å². The first kappa shape index (κ1) is 126. The summed E-state index contributed by atoms with van der Waals surface area (Å²) in [4.78, 5) is 125. The summed E-state index contributed by atoms with van der Waals surface area (Å²) in [6, 6.07) is 0. The smallest absolute Gasteiger partial charge is 0.321 e. The van der Waals surface area contributed by atoms with Crippen molar-refractivity contribution in [3.63, 3.8) is 0 Å². The Bertz CT molecular complexity index is 2510. The van der Waals surface area contributed by atoms with Gasteiger partial charge in [0.05, 0.1) is 5.92 Å². The number of ketones is 1. The number of carbonyl (C=O) groups excluding carboxylic acids is 1. The molecule has 0 saturated carbocycles. The van der Waals surface area contributed by atoms with E-state index in [1.807, 2.05) is 0 Å². The number of Topliss-reactive ketones (excluding diaryl/α,β-unsaturated/α-hetero) is 1. The van der Waals surface area contributed by atoms with E-state index in [9.17, 15) is 83.4 Å². The fourth-order valence-electron chi connectivity index (χ4n) is 16.6. The van der Waals surface area contributed by atoms with E-state index in [4.69, 9.17) is 26.8 Å². The van der Waals surface area contributed by atoms with E-state index in [-0.39, 0.29) is 70.5 Å². The second-order valence-corrected chi connectivity index (χ2v) is 36.0. The summed E-state index contributed by atoms with van der Waals surface area (Å²) >= 11 is 0. The van der Waals surface area contributed by atoms with Crippen LogP contribution in [0, 0.1) is 34.5 Å². The molecule has 0 aliphatic carbocycles. The standard InChI is InChI=1S/C27H52O4.C26H44O5.C25H44O8.C24H46O4.CH4/c1-3-5-7-9-11-13-15-17-19-21-23-27(25(28)29,26(30)31)24-22-20-18-16-14-12-10-8-6-4-2;1-3-4-5-6-7-9-12-15-18-21-26(23(2)27,25(30)31)22-19-16-13-10-8-11-14-17-20-24(28)29;26-21(27)17-13-9-5-1-3-7-11-15-19-25(23(30)31,24(32)33)20-16-12-8-4-2-6-10-14-18-22(28)29;1-2-3-4-5-6-7-10-13-16-19-22(24(27)28)20-17-14-11-8-9-12-15-18-21-23(25)26;/h3-24H2,1-2H3,(H,28,29)(H,30,31);1H,4-22H2,2H3,(H,28,29)(H,30,31);1-20H2,(H,26,27)(H,28,29)(H,30,31)(H,32,33);22H,2-21H2,1H3,(H,25,26)(H,27,28);1H4. The Balaban J connectivity index is -0.000000507. The number of aliphatic carboxylic acids is 10. The van der Waals surface area contributed by atoms with Crippen LogP contribution in [-0.4, -0.2) is 117 Å². The van der Waals surface area contributed by atoms with Crippen molar-refractivity contribution in [1.29, 1.82) is 0 Å². The highest BCUT2D eigenvalue weighted by Gasteiger charge is 2.47. The van der Waals surface area contributed by atoms with Crippen molar-refractivity contribution in [2.24, 2.45) is 22.2 Å². The maximum atomic E-state index is 12.2. The third kappa shape index (κ3) is 80.5. The van der Waals surface area contributed by atoms with E-state index in [0.29, 0.717) is 51.4 Å². The molecule has 21 nitrogen and oxygen atoms in total. The van der Waals surface area contributed by atoms with E-state index >= 15 is 0 Å². The van der Waals surface area contributed by atoms with Crippen molar-refractivity contribution in [1.82, 2.24) is 0 Å². The first-order valence-electron chi connectivity index (χ1n) is 50.4. The maximum Gasteiger partial charge on any atom is 0.321 e. The summed E-state index contributed by atoms with van der Waals surface area (Å²) in [7, 11) is 0. The number of hydrogen-bond donors (Lipinski definition) is 10. The van der Waals surface area contributed by atoms with Gasteiger partial charge in [-0.2, -0.15) is 0 Å². The van der Waals surface area contributed by atoms with Gasteiger partial charge in [0.15, 0.2) is 10.8 Å². The predicted octanol–water partition coefficient (Wildman–Crippen LogP) is 29.9. The van der Waals surface area contributed by atoms with Gasteiger partial charge in [-0.05, 0) is 90.4 Å². The Hall–Kier alpha value is -6.07. The van der Waals surface area contributed by atoms with E-state index in [1.165, 1.54) is 167 Å². The number of unbranched alkanes of at least 4 members (excludes halogenated alkanes) is 61. The SMILES string of the molecule is C.C#CCCCCCCCCCC(CCCCCCCCCCC(=O)O)(C(C)=O)C(=O)O.CCCCCCCCCCCC(CCCCCCCCCCC(=O)O)C(=O)O.CCCCCCCCCCCCC(CCCCCCCCCCCC)(C(=O)O)C(=O)O.O=C(O)CCCCCCCCCCC(CCCCCCCCCCC(=O)O)(C(=O)O)C(=O)O. The molecule has 0 aromatic rings. The molecule has 124 heavy (non-hydrogen) atoms. The second-order valence-electron chi connectivity index (χ2n) is 36.0. The molecule has 0 aliphatic heterocycles. The van der Waals surface area contributed by atoms with E-state index in [0.717, 1.165) is 257 Å². The Morgan fingerprint density at radius 2 is 0.379 bits per heavy atom. The Kier molecular flexibility index (Phi) is 94.9. The van der Waals surface area contributed by atoms with Crippen LogP contribution in [0.2, 0.25) is 0 Å². The van der Waals surface area contributed by atoms with Gasteiger partial charge in [-0.25, -0.2) is 0 Å². The third-order valence-corrected chi connectivity index (χ3v) is 25.0. The molecule has 0 bridgehead atoms. The molecule has 0 rings (SSSR count). The molecule has 728 valence electrons. The van der Waals surface area contributed by atoms with Gasteiger partial charge in [0.1, 0.15) is 11.2 Å². The van der Waals surface area contributed by atoms with Gasteiger partial charge in [0, 0.05) is 32.1 Å². The lowest BCUT2D eigenvalue weighted by molar-refractivity contribution is -0.168. The lowest BCUT2D eigenvalue weighted by Crippen LogP contribution is -2.39. The highest BCUT2D eigenvalue weighted by Crippen LogP contribution is 2.37. The molecule has 0 spiro atoms. The molecule has 21 heteroatoms. The van der Waals surface area contributed by atoms with Crippen LogP contribution in [0.3, 0.4) is 0 Å². The highest BCUT2D eigenvalue weighted by atomic mass is 16.4. The maximum absolute atomic E-state index is 12.2.